The van der Waals surface area contributed by atoms with Crippen molar-refractivity contribution in [1.82, 2.24) is 0 Å². The van der Waals surface area contributed by atoms with Crippen LogP contribution in [0, 0.1) is 0 Å². The third kappa shape index (κ3) is 5.77. The van der Waals surface area contributed by atoms with Crippen LogP contribution in [0.1, 0.15) is 20.8 Å². The van der Waals surface area contributed by atoms with E-state index in [-0.39, 0.29) is 0 Å². The lowest BCUT2D eigenvalue weighted by Crippen LogP contribution is -2.53. The summed E-state index contributed by atoms with van der Waals surface area (Å²) >= 11 is 0. The fourth-order valence-electron chi connectivity index (χ4n) is 1.48. The predicted octanol–water partition coefficient (Wildman–Crippen LogP) is 4.56. The minimum Gasteiger partial charge on any atom is -0.436 e. The summed E-state index contributed by atoms with van der Waals surface area (Å²) in [5.74, 6) is 0. The van der Waals surface area contributed by atoms with Crippen LogP contribution in [0.2, 0.25) is 50.9 Å². The molecule has 16 heavy (non-hydrogen) atoms. The van der Waals surface area contributed by atoms with Gasteiger partial charge in [-0.2, -0.15) is 0 Å². The van der Waals surface area contributed by atoms with Crippen LogP contribution >= 0.6 is 0 Å². The van der Waals surface area contributed by atoms with Gasteiger partial charge in [0.15, 0.2) is 16.6 Å². The molecule has 0 fully saturated rings. The Hall–Kier alpha value is 0.571. The van der Waals surface area contributed by atoms with E-state index in [0.717, 1.165) is 6.04 Å². The molecule has 0 unspecified atom stereocenters. The lowest BCUT2D eigenvalue weighted by atomic mass is 11.0. The van der Waals surface area contributed by atoms with Crippen LogP contribution in [0.15, 0.2) is 0 Å². The van der Waals surface area contributed by atoms with E-state index in [4.69, 9.17) is 8.23 Å². The molecule has 0 aliphatic heterocycles. The summed E-state index contributed by atoms with van der Waals surface area (Å²) in [6, 6.07) is 3.42. The second-order valence-electron chi connectivity index (χ2n) is 5.92. The van der Waals surface area contributed by atoms with Gasteiger partial charge in [-0.25, -0.2) is 0 Å². The highest BCUT2D eigenvalue weighted by atomic mass is 28.5. The fraction of sp³-hybridized carbons (Fsp3) is 1.00. The Labute approximate surface area is 105 Å². The van der Waals surface area contributed by atoms with E-state index in [9.17, 15) is 0 Å². The monoisotopic (exact) mass is 278 g/mol. The summed E-state index contributed by atoms with van der Waals surface area (Å²) in [6.45, 7) is 18.2. The second-order valence-corrected chi connectivity index (χ2v) is 19.0. The van der Waals surface area contributed by atoms with Gasteiger partial charge in [-0.1, -0.05) is 20.8 Å². The zero-order valence-corrected chi connectivity index (χ0v) is 15.4. The molecule has 0 rings (SSSR count). The molecule has 0 spiro atoms. The molecule has 0 N–H and O–H groups in total. The average molecular weight is 279 g/mol. The van der Waals surface area contributed by atoms with Crippen molar-refractivity contribution in [2.24, 2.45) is 0 Å². The summed E-state index contributed by atoms with van der Waals surface area (Å²) in [7, 11) is -4.89. The molecular weight excluding hydrogens is 248 g/mol. The first-order valence-corrected chi connectivity index (χ1v) is 15.3. The lowest BCUT2D eigenvalue weighted by Gasteiger charge is -2.39. The number of hydrogen-bond donors (Lipinski definition) is 0. The van der Waals surface area contributed by atoms with Crippen molar-refractivity contribution in [2.45, 2.75) is 71.6 Å². The Morgan fingerprint density at radius 3 is 1.12 bits per heavy atom. The molecule has 0 aromatic rings. The standard InChI is InChI=1S/C11H30O2Si3/c1-9-14(4,5)12-16(8,11-3)13-15(6,7)10-2/h9-11H2,1-8H3. The van der Waals surface area contributed by atoms with Crippen LogP contribution in [0.25, 0.3) is 0 Å². The summed E-state index contributed by atoms with van der Waals surface area (Å²) < 4.78 is 12.9. The summed E-state index contributed by atoms with van der Waals surface area (Å²) in [5, 5.41) is 0. The summed E-state index contributed by atoms with van der Waals surface area (Å²) in [5.41, 5.74) is 0. The maximum atomic E-state index is 6.45. The van der Waals surface area contributed by atoms with E-state index in [1.807, 2.05) is 0 Å². The SMILES string of the molecule is CC[Si](C)(C)O[Si](C)(CC)O[Si](C)(C)CC. The molecule has 0 saturated heterocycles. The van der Waals surface area contributed by atoms with Crippen LogP contribution in [-0.4, -0.2) is 25.2 Å². The minimum absolute atomic E-state index is 1.07. The van der Waals surface area contributed by atoms with Crippen molar-refractivity contribution in [3.8, 4) is 0 Å². The minimum atomic E-state index is -1.91. The highest BCUT2D eigenvalue weighted by Crippen LogP contribution is 2.26. The first-order chi connectivity index (χ1) is 7.10. The molecule has 0 aromatic carbocycles. The molecule has 0 heterocycles. The van der Waals surface area contributed by atoms with Crippen LogP contribution in [-0.2, 0) is 8.23 Å². The molecule has 0 amide bonds. The molecule has 98 valence electrons. The van der Waals surface area contributed by atoms with Gasteiger partial charge in [0.25, 0.3) is 0 Å². The van der Waals surface area contributed by atoms with E-state index in [2.05, 4.69) is 53.5 Å². The van der Waals surface area contributed by atoms with Crippen molar-refractivity contribution in [2.75, 3.05) is 0 Å². The zero-order valence-electron chi connectivity index (χ0n) is 12.4. The van der Waals surface area contributed by atoms with Crippen molar-refractivity contribution in [3.05, 3.63) is 0 Å². The first kappa shape index (κ1) is 16.6. The zero-order chi connectivity index (χ0) is 13.0. The lowest BCUT2D eigenvalue weighted by molar-refractivity contribution is 0.381. The molecule has 0 atom stereocenters. The first-order valence-electron chi connectivity index (χ1n) is 6.50. The van der Waals surface area contributed by atoms with Gasteiger partial charge in [-0.05, 0) is 50.9 Å². The highest BCUT2D eigenvalue weighted by Gasteiger charge is 2.40. The summed E-state index contributed by atoms with van der Waals surface area (Å²) in [4.78, 5) is 0. The van der Waals surface area contributed by atoms with Gasteiger partial charge in [0.2, 0.25) is 0 Å². The second kappa shape index (κ2) is 5.95. The van der Waals surface area contributed by atoms with Gasteiger partial charge < -0.3 is 8.23 Å². The molecule has 0 aromatic heterocycles. The van der Waals surface area contributed by atoms with E-state index < -0.39 is 25.2 Å². The van der Waals surface area contributed by atoms with Gasteiger partial charge in [-0.15, -0.1) is 0 Å². The van der Waals surface area contributed by atoms with Gasteiger partial charge >= 0.3 is 8.56 Å². The fourth-order valence-corrected chi connectivity index (χ4v) is 13.7. The van der Waals surface area contributed by atoms with Crippen LogP contribution in [0.3, 0.4) is 0 Å². The van der Waals surface area contributed by atoms with Crippen molar-refractivity contribution in [1.29, 1.82) is 0 Å². The maximum Gasteiger partial charge on any atom is 0.314 e. The van der Waals surface area contributed by atoms with Crippen molar-refractivity contribution >= 4 is 25.2 Å². The van der Waals surface area contributed by atoms with Crippen molar-refractivity contribution < 1.29 is 8.23 Å². The molecule has 0 saturated carbocycles. The third-order valence-electron chi connectivity index (χ3n) is 3.33. The van der Waals surface area contributed by atoms with E-state index >= 15 is 0 Å². The Balaban J connectivity index is 4.67. The quantitative estimate of drug-likeness (QED) is 0.636. The number of rotatable bonds is 7. The molecule has 2 nitrogen and oxygen atoms in total. The molecule has 5 heteroatoms. The molecule has 0 bridgehead atoms. The van der Waals surface area contributed by atoms with Crippen LogP contribution < -0.4 is 0 Å². The predicted molar refractivity (Wildman–Crippen MR) is 80.2 cm³/mol. The molecule has 0 aliphatic rings. The van der Waals surface area contributed by atoms with E-state index in [1.165, 1.54) is 12.1 Å². The highest BCUT2D eigenvalue weighted by molar-refractivity contribution is 6.88. The largest absolute Gasteiger partial charge is 0.436 e. The molecular formula is C11H30O2Si3. The van der Waals surface area contributed by atoms with Crippen molar-refractivity contribution in [3.63, 3.8) is 0 Å². The topological polar surface area (TPSA) is 18.5 Å². The molecule has 0 radical (unpaired) electrons. The van der Waals surface area contributed by atoms with Gasteiger partial charge in [-0.3, -0.25) is 0 Å². The average Bonchev–Trinajstić information content (AvgIpc) is 2.16. The molecule has 0 aliphatic carbocycles. The van der Waals surface area contributed by atoms with Crippen LogP contribution in [0.5, 0.6) is 0 Å². The Bertz CT molecular complexity index is 199. The maximum absolute atomic E-state index is 6.45. The normalized spacial score (nSPS) is 14.2. The van der Waals surface area contributed by atoms with Gasteiger partial charge in [0.1, 0.15) is 0 Å². The van der Waals surface area contributed by atoms with E-state index in [0.29, 0.717) is 0 Å². The van der Waals surface area contributed by atoms with Gasteiger partial charge in [0.05, 0.1) is 0 Å². The van der Waals surface area contributed by atoms with Crippen LogP contribution in [0.4, 0.5) is 0 Å². The van der Waals surface area contributed by atoms with E-state index in [1.54, 1.807) is 0 Å². The Kier molecular flexibility index (Phi) is 6.16. The Morgan fingerprint density at radius 2 is 0.938 bits per heavy atom. The smallest absolute Gasteiger partial charge is 0.314 e. The number of hydrogen-bond acceptors (Lipinski definition) is 2. The summed E-state index contributed by atoms with van der Waals surface area (Å²) in [6.07, 6.45) is 0. The van der Waals surface area contributed by atoms with Gasteiger partial charge in [0, 0.05) is 0 Å². The Morgan fingerprint density at radius 1 is 0.625 bits per heavy atom. The third-order valence-corrected chi connectivity index (χ3v) is 15.9.